The summed E-state index contributed by atoms with van der Waals surface area (Å²) in [6.07, 6.45) is 0.636. The van der Waals surface area contributed by atoms with E-state index in [0.717, 1.165) is 5.69 Å². The third kappa shape index (κ3) is 3.16. The number of nitrogens with zero attached hydrogens (tertiary/aromatic N) is 1. The summed E-state index contributed by atoms with van der Waals surface area (Å²) in [5.74, 6) is -0.812. The van der Waals surface area contributed by atoms with Crippen LogP contribution in [0.4, 0.5) is 10.1 Å². The average Bonchev–Trinajstić information content (AvgIpc) is 3.27. The monoisotopic (exact) mass is 362 g/mol. The average molecular weight is 362 g/mol. The van der Waals surface area contributed by atoms with E-state index in [-0.39, 0.29) is 23.4 Å². The lowest BCUT2D eigenvalue weighted by Crippen LogP contribution is -2.19. The van der Waals surface area contributed by atoms with Crippen molar-refractivity contribution in [2.75, 3.05) is 5.32 Å². The second-order valence-corrected chi connectivity index (χ2v) is 6.78. The molecule has 1 atom stereocenters. The van der Waals surface area contributed by atoms with Crippen LogP contribution < -0.4 is 5.32 Å². The number of aryl methyl sites for hydroxylation is 1. The predicted molar refractivity (Wildman–Crippen MR) is 101 cm³/mol. The van der Waals surface area contributed by atoms with Crippen molar-refractivity contribution in [3.63, 3.8) is 0 Å². The van der Waals surface area contributed by atoms with E-state index in [9.17, 15) is 14.0 Å². The normalized spacial score (nSPS) is 15.4. The molecule has 0 saturated heterocycles. The molecule has 0 bridgehead atoms. The maximum atomic E-state index is 13.4. The zero-order valence-corrected chi connectivity index (χ0v) is 14.9. The number of halogens is 1. The second kappa shape index (κ2) is 6.83. The molecule has 0 spiro atoms. The van der Waals surface area contributed by atoms with Crippen LogP contribution in [-0.2, 0) is 11.3 Å². The number of hydrogen-bond donors (Lipinski definition) is 1. The molecule has 3 aromatic rings. The highest BCUT2D eigenvalue weighted by Crippen LogP contribution is 2.32. The third-order valence-electron chi connectivity index (χ3n) is 5.02. The van der Waals surface area contributed by atoms with E-state index in [4.69, 9.17) is 0 Å². The third-order valence-corrected chi connectivity index (χ3v) is 5.02. The van der Waals surface area contributed by atoms with Gasteiger partial charge in [-0.05, 0) is 49.2 Å². The molecule has 0 radical (unpaired) electrons. The summed E-state index contributed by atoms with van der Waals surface area (Å²) < 4.78 is 15.3. The Kier molecular flexibility index (Phi) is 4.36. The first-order valence-electron chi connectivity index (χ1n) is 8.91. The van der Waals surface area contributed by atoms with Gasteiger partial charge in [-0.25, -0.2) is 4.39 Å². The van der Waals surface area contributed by atoms with Crippen LogP contribution in [0.5, 0.6) is 0 Å². The van der Waals surface area contributed by atoms with Gasteiger partial charge >= 0.3 is 0 Å². The van der Waals surface area contributed by atoms with Gasteiger partial charge in [0.05, 0.1) is 11.6 Å². The zero-order chi connectivity index (χ0) is 19.0. The van der Waals surface area contributed by atoms with E-state index in [1.165, 1.54) is 6.07 Å². The van der Waals surface area contributed by atoms with E-state index in [2.05, 4.69) is 5.32 Å². The lowest BCUT2D eigenvalue weighted by atomic mass is 10.0. The van der Waals surface area contributed by atoms with Gasteiger partial charge in [0, 0.05) is 23.5 Å². The summed E-state index contributed by atoms with van der Waals surface area (Å²) in [6, 6.07) is 17.3. The molecular formula is C22H19FN2O2. The Morgan fingerprint density at radius 2 is 1.85 bits per heavy atom. The number of nitrogens with one attached hydrogen (secondary N) is 1. The van der Waals surface area contributed by atoms with Gasteiger partial charge in [-0.1, -0.05) is 30.3 Å². The van der Waals surface area contributed by atoms with Crippen LogP contribution in [0.15, 0.2) is 60.7 Å². The molecule has 2 aromatic carbocycles. The maximum absolute atomic E-state index is 13.4. The molecule has 0 fully saturated rings. The van der Waals surface area contributed by atoms with Crippen molar-refractivity contribution in [1.82, 2.24) is 4.57 Å². The number of amides is 1. The number of benzene rings is 2. The molecule has 1 aliphatic rings. The van der Waals surface area contributed by atoms with Crippen LogP contribution in [0.3, 0.4) is 0 Å². The summed E-state index contributed by atoms with van der Waals surface area (Å²) >= 11 is 0. The minimum atomic E-state index is -0.326. The summed E-state index contributed by atoms with van der Waals surface area (Å²) in [5.41, 5.74) is 3.13. The molecule has 5 heteroatoms. The fourth-order valence-electron chi connectivity index (χ4n) is 3.60. The van der Waals surface area contributed by atoms with Crippen molar-refractivity contribution in [1.29, 1.82) is 0 Å². The molecule has 4 rings (SSSR count). The van der Waals surface area contributed by atoms with Crippen LogP contribution in [0.1, 0.15) is 39.6 Å². The number of hydrogen-bond acceptors (Lipinski definition) is 2. The van der Waals surface area contributed by atoms with Crippen molar-refractivity contribution >= 4 is 17.4 Å². The van der Waals surface area contributed by atoms with Crippen LogP contribution in [0.2, 0.25) is 0 Å². The van der Waals surface area contributed by atoms with Crippen LogP contribution in [0.25, 0.3) is 0 Å². The van der Waals surface area contributed by atoms with E-state index in [0.29, 0.717) is 35.5 Å². The SMILES string of the molecule is Cc1cc(NC(=O)[C@H]2CCn3c(C(=O)c4ccccc4)ccc32)ccc1F. The Labute approximate surface area is 156 Å². The Balaban J connectivity index is 1.55. The first-order chi connectivity index (χ1) is 13.0. The lowest BCUT2D eigenvalue weighted by Gasteiger charge is -2.11. The number of anilines is 1. The minimum absolute atomic E-state index is 0.0444. The van der Waals surface area contributed by atoms with Crippen LogP contribution >= 0.6 is 0 Å². The molecule has 136 valence electrons. The van der Waals surface area contributed by atoms with E-state index < -0.39 is 0 Å². The molecule has 0 aliphatic carbocycles. The number of ketones is 1. The number of fused-ring (bicyclic) bond motifs is 1. The van der Waals surface area contributed by atoms with Gasteiger partial charge in [0.2, 0.25) is 11.7 Å². The standard InChI is InChI=1S/C22H19FN2O2/c1-14-13-16(7-8-18(14)23)24-22(27)17-11-12-25-19(17)9-10-20(25)21(26)15-5-3-2-4-6-15/h2-10,13,17H,11-12H2,1H3,(H,24,27)/t17-/m0/s1. The summed E-state index contributed by atoms with van der Waals surface area (Å²) in [5, 5.41) is 2.86. The number of carbonyl (C=O) groups excluding carboxylic acids is 2. The Hall–Kier alpha value is -3.21. The van der Waals surface area contributed by atoms with Crippen molar-refractivity contribution < 1.29 is 14.0 Å². The molecular weight excluding hydrogens is 343 g/mol. The Morgan fingerprint density at radius 1 is 1.07 bits per heavy atom. The van der Waals surface area contributed by atoms with Crippen molar-refractivity contribution in [2.45, 2.75) is 25.8 Å². The van der Waals surface area contributed by atoms with Crippen molar-refractivity contribution in [3.05, 3.63) is 89.0 Å². The van der Waals surface area contributed by atoms with Gasteiger partial charge in [-0.15, -0.1) is 0 Å². The Bertz CT molecular complexity index is 1020. The van der Waals surface area contributed by atoms with Crippen molar-refractivity contribution in [2.24, 2.45) is 0 Å². The molecule has 27 heavy (non-hydrogen) atoms. The topological polar surface area (TPSA) is 51.1 Å². The highest BCUT2D eigenvalue weighted by atomic mass is 19.1. The Morgan fingerprint density at radius 3 is 2.59 bits per heavy atom. The zero-order valence-electron chi connectivity index (χ0n) is 14.9. The molecule has 2 heterocycles. The highest BCUT2D eigenvalue weighted by Gasteiger charge is 2.32. The summed E-state index contributed by atoms with van der Waals surface area (Å²) in [6.45, 7) is 2.28. The molecule has 1 N–H and O–H groups in total. The van der Waals surface area contributed by atoms with Gasteiger partial charge in [0.1, 0.15) is 5.82 Å². The smallest absolute Gasteiger partial charge is 0.233 e. The minimum Gasteiger partial charge on any atom is -0.341 e. The van der Waals surface area contributed by atoms with Gasteiger partial charge in [-0.3, -0.25) is 9.59 Å². The molecule has 4 nitrogen and oxygen atoms in total. The fourth-order valence-corrected chi connectivity index (χ4v) is 3.60. The summed E-state index contributed by atoms with van der Waals surface area (Å²) in [7, 11) is 0. The lowest BCUT2D eigenvalue weighted by molar-refractivity contribution is -0.117. The van der Waals surface area contributed by atoms with Gasteiger partial charge in [-0.2, -0.15) is 0 Å². The maximum Gasteiger partial charge on any atom is 0.233 e. The van der Waals surface area contributed by atoms with Gasteiger partial charge in [0.25, 0.3) is 0 Å². The molecule has 0 saturated carbocycles. The number of aromatic nitrogens is 1. The number of rotatable bonds is 4. The largest absolute Gasteiger partial charge is 0.341 e. The van der Waals surface area contributed by atoms with E-state index in [1.54, 1.807) is 37.3 Å². The summed E-state index contributed by atoms with van der Waals surface area (Å²) in [4.78, 5) is 25.5. The van der Waals surface area contributed by atoms with Gasteiger partial charge in [0.15, 0.2) is 0 Å². The highest BCUT2D eigenvalue weighted by molar-refractivity contribution is 6.08. The molecule has 1 aliphatic heterocycles. The molecule has 1 amide bonds. The van der Waals surface area contributed by atoms with Gasteiger partial charge < -0.3 is 9.88 Å². The van der Waals surface area contributed by atoms with E-state index >= 15 is 0 Å². The van der Waals surface area contributed by atoms with Crippen molar-refractivity contribution in [3.8, 4) is 0 Å². The molecule has 1 aromatic heterocycles. The molecule has 0 unspecified atom stereocenters. The first kappa shape index (κ1) is 17.2. The second-order valence-electron chi connectivity index (χ2n) is 6.78. The van der Waals surface area contributed by atoms with Crippen LogP contribution in [-0.4, -0.2) is 16.3 Å². The van der Waals surface area contributed by atoms with Crippen LogP contribution in [0, 0.1) is 12.7 Å². The quantitative estimate of drug-likeness (QED) is 0.704. The fraction of sp³-hybridized carbons (Fsp3) is 0.182. The number of carbonyl (C=O) groups is 2. The predicted octanol–water partition coefficient (Wildman–Crippen LogP) is 4.29. The first-order valence-corrected chi connectivity index (χ1v) is 8.91. The van der Waals surface area contributed by atoms with E-state index in [1.807, 2.05) is 28.8 Å².